The molecule has 0 unspecified atom stereocenters. The number of benzene rings is 1. The van der Waals surface area contributed by atoms with Crippen LogP contribution < -0.4 is 11.1 Å². The molecule has 2 aromatic rings. The molecule has 18 heavy (non-hydrogen) atoms. The summed E-state index contributed by atoms with van der Waals surface area (Å²) in [5.74, 6) is 0.0593. The van der Waals surface area contributed by atoms with Gasteiger partial charge in [0.25, 0.3) is 5.91 Å². The van der Waals surface area contributed by atoms with Crippen LogP contribution in [0.15, 0.2) is 45.5 Å². The Hall–Kier alpha value is -1.59. The molecule has 5 heteroatoms. The number of rotatable bonds is 4. The van der Waals surface area contributed by atoms with Crippen LogP contribution in [0.4, 0.5) is 0 Å². The van der Waals surface area contributed by atoms with Gasteiger partial charge in [-0.15, -0.1) is 0 Å². The number of hydrogen-bond acceptors (Lipinski definition) is 3. The molecule has 0 saturated carbocycles. The van der Waals surface area contributed by atoms with E-state index in [1.807, 2.05) is 24.3 Å². The molecule has 1 amide bonds. The van der Waals surface area contributed by atoms with Gasteiger partial charge in [0.1, 0.15) is 0 Å². The molecule has 0 fully saturated rings. The van der Waals surface area contributed by atoms with Crippen LogP contribution in [-0.2, 0) is 13.1 Å². The van der Waals surface area contributed by atoms with Crippen LogP contribution >= 0.6 is 15.9 Å². The number of nitrogens with two attached hydrogens (primary N) is 1. The van der Waals surface area contributed by atoms with E-state index in [0.29, 0.717) is 23.5 Å². The molecule has 0 atom stereocenters. The van der Waals surface area contributed by atoms with E-state index in [9.17, 15) is 4.79 Å². The Morgan fingerprint density at radius 1 is 1.17 bits per heavy atom. The molecule has 0 aliphatic carbocycles. The summed E-state index contributed by atoms with van der Waals surface area (Å²) >= 11 is 3.15. The highest BCUT2D eigenvalue weighted by atomic mass is 79.9. The second-order valence-corrected chi connectivity index (χ2v) is 4.59. The van der Waals surface area contributed by atoms with E-state index >= 15 is 0 Å². The lowest BCUT2D eigenvalue weighted by Gasteiger charge is -2.04. The minimum atomic E-state index is -0.233. The SMILES string of the molecule is NCc1ccc(CNC(=O)c2ccc(Br)o2)cc1. The molecule has 1 aromatic carbocycles. The van der Waals surface area contributed by atoms with Crippen LogP contribution in [0.3, 0.4) is 0 Å². The first kappa shape index (κ1) is 12.9. The largest absolute Gasteiger partial charge is 0.444 e. The zero-order valence-electron chi connectivity index (χ0n) is 9.65. The van der Waals surface area contributed by atoms with Gasteiger partial charge in [0.15, 0.2) is 10.4 Å². The number of amides is 1. The average Bonchev–Trinajstić information content (AvgIpc) is 2.83. The summed E-state index contributed by atoms with van der Waals surface area (Å²) in [4.78, 5) is 11.7. The Bertz CT molecular complexity index is 534. The molecule has 0 radical (unpaired) electrons. The number of hydrogen-bond donors (Lipinski definition) is 2. The second kappa shape index (κ2) is 5.84. The molecule has 3 N–H and O–H groups in total. The third-order valence-electron chi connectivity index (χ3n) is 2.51. The predicted octanol–water partition coefficient (Wildman–Crippen LogP) is 2.43. The van der Waals surface area contributed by atoms with Crippen molar-refractivity contribution in [2.75, 3.05) is 0 Å². The van der Waals surface area contributed by atoms with Crippen molar-refractivity contribution in [2.45, 2.75) is 13.1 Å². The highest BCUT2D eigenvalue weighted by Crippen LogP contribution is 2.14. The number of halogens is 1. The summed E-state index contributed by atoms with van der Waals surface area (Å²) < 4.78 is 5.70. The lowest BCUT2D eigenvalue weighted by Crippen LogP contribution is -2.22. The van der Waals surface area contributed by atoms with Crippen molar-refractivity contribution in [1.29, 1.82) is 0 Å². The quantitative estimate of drug-likeness (QED) is 0.911. The van der Waals surface area contributed by atoms with Crippen LogP contribution in [0.2, 0.25) is 0 Å². The van der Waals surface area contributed by atoms with Crippen LogP contribution in [0.5, 0.6) is 0 Å². The van der Waals surface area contributed by atoms with E-state index in [0.717, 1.165) is 11.1 Å². The minimum absolute atomic E-state index is 0.233. The summed E-state index contributed by atoms with van der Waals surface area (Å²) in [5, 5.41) is 2.78. The van der Waals surface area contributed by atoms with E-state index in [1.54, 1.807) is 12.1 Å². The molecule has 0 aliphatic rings. The number of carbonyl (C=O) groups excluding carboxylic acids is 1. The summed E-state index contributed by atoms with van der Waals surface area (Å²) in [6.07, 6.45) is 0. The van der Waals surface area contributed by atoms with Crippen molar-refractivity contribution in [3.63, 3.8) is 0 Å². The third-order valence-corrected chi connectivity index (χ3v) is 2.93. The Kier molecular flexibility index (Phi) is 4.17. The average molecular weight is 309 g/mol. The maximum atomic E-state index is 11.7. The lowest BCUT2D eigenvalue weighted by molar-refractivity contribution is 0.0922. The Morgan fingerprint density at radius 2 is 1.83 bits per heavy atom. The predicted molar refractivity (Wildman–Crippen MR) is 71.9 cm³/mol. The summed E-state index contributed by atoms with van der Waals surface area (Å²) in [6.45, 7) is 0.981. The molecule has 4 nitrogen and oxygen atoms in total. The van der Waals surface area contributed by atoms with E-state index in [2.05, 4.69) is 21.2 Å². The molecular weight excluding hydrogens is 296 g/mol. The van der Waals surface area contributed by atoms with Crippen LogP contribution in [0.1, 0.15) is 21.7 Å². The van der Waals surface area contributed by atoms with Gasteiger partial charge in [-0.1, -0.05) is 24.3 Å². The van der Waals surface area contributed by atoms with Crippen LogP contribution in [-0.4, -0.2) is 5.91 Å². The highest BCUT2D eigenvalue weighted by molar-refractivity contribution is 9.10. The molecule has 0 saturated heterocycles. The fraction of sp³-hybridized carbons (Fsp3) is 0.154. The molecule has 0 spiro atoms. The summed E-state index contributed by atoms with van der Waals surface area (Å²) in [6, 6.07) is 11.1. The molecule has 0 bridgehead atoms. The lowest BCUT2D eigenvalue weighted by atomic mass is 10.1. The first-order valence-corrected chi connectivity index (χ1v) is 6.30. The van der Waals surface area contributed by atoms with Gasteiger partial charge in [-0.25, -0.2) is 0 Å². The van der Waals surface area contributed by atoms with Gasteiger partial charge < -0.3 is 15.5 Å². The summed E-state index contributed by atoms with van der Waals surface area (Å²) in [7, 11) is 0. The monoisotopic (exact) mass is 308 g/mol. The first-order chi connectivity index (χ1) is 8.69. The summed E-state index contributed by atoms with van der Waals surface area (Å²) in [5.41, 5.74) is 7.60. The molecular formula is C13H13BrN2O2. The fourth-order valence-corrected chi connectivity index (χ4v) is 1.81. The molecule has 1 heterocycles. The van der Waals surface area contributed by atoms with Crippen molar-refractivity contribution < 1.29 is 9.21 Å². The van der Waals surface area contributed by atoms with Gasteiger partial charge in [0.2, 0.25) is 0 Å². The van der Waals surface area contributed by atoms with Crippen molar-refractivity contribution in [2.24, 2.45) is 5.73 Å². The topological polar surface area (TPSA) is 68.3 Å². The molecule has 0 aliphatic heterocycles. The van der Waals surface area contributed by atoms with Gasteiger partial charge in [-0.05, 0) is 39.2 Å². The van der Waals surface area contributed by atoms with Gasteiger partial charge in [-0.3, -0.25) is 4.79 Å². The van der Waals surface area contributed by atoms with E-state index in [1.165, 1.54) is 0 Å². The molecule has 2 rings (SSSR count). The Morgan fingerprint density at radius 3 is 2.39 bits per heavy atom. The van der Waals surface area contributed by atoms with Crippen molar-refractivity contribution in [3.05, 3.63) is 58.0 Å². The minimum Gasteiger partial charge on any atom is -0.444 e. The van der Waals surface area contributed by atoms with Crippen LogP contribution in [0.25, 0.3) is 0 Å². The third kappa shape index (κ3) is 3.21. The fourth-order valence-electron chi connectivity index (χ4n) is 1.50. The van der Waals surface area contributed by atoms with Crippen LogP contribution in [0, 0.1) is 0 Å². The van der Waals surface area contributed by atoms with Gasteiger partial charge in [0.05, 0.1) is 0 Å². The number of furan rings is 1. The maximum absolute atomic E-state index is 11.7. The highest BCUT2D eigenvalue weighted by Gasteiger charge is 2.09. The number of nitrogens with one attached hydrogen (secondary N) is 1. The van der Waals surface area contributed by atoms with E-state index < -0.39 is 0 Å². The van der Waals surface area contributed by atoms with Crippen molar-refractivity contribution in [1.82, 2.24) is 5.32 Å². The van der Waals surface area contributed by atoms with E-state index in [-0.39, 0.29) is 5.91 Å². The standard InChI is InChI=1S/C13H13BrN2O2/c14-12-6-5-11(18-12)13(17)16-8-10-3-1-9(7-15)2-4-10/h1-6H,7-8,15H2,(H,16,17). The number of carbonyl (C=O) groups is 1. The normalized spacial score (nSPS) is 10.3. The van der Waals surface area contributed by atoms with Crippen molar-refractivity contribution >= 4 is 21.8 Å². The van der Waals surface area contributed by atoms with Gasteiger partial charge in [-0.2, -0.15) is 0 Å². The van der Waals surface area contributed by atoms with Gasteiger partial charge >= 0.3 is 0 Å². The second-order valence-electron chi connectivity index (χ2n) is 3.81. The zero-order valence-corrected chi connectivity index (χ0v) is 11.2. The Labute approximate surface area is 113 Å². The van der Waals surface area contributed by atoms with Crippen molar-refractivity contribution in [3.8, 4) is 0 Å². The molecule has 1 aromatic heterocycles. The maximum Gasteiger partial charge on any atom is 0.287 e. The van der Waals surface area contributed by atoms with Gasteiger partial charge in [0, 0.05) is 13.1 Å². The zero-order chi connectivity index (χ0) is 13.0. The van der Waals surface area contributed by atoms with E-state index in [4.69, 9.17) is 10.2 Å². The Balaban J connectivity index is 1.92. The first-order valence-electron chi connectivity index (χ1n) is 5.50. The smallest absolute Gasteiger partial charge is 0.287 e. The molecule has 94 valence electrons.